The molecule has 0 spiro atoms. The molecule has 0 bridgehead atoms. The summed E-state index contributed by atoms with van der Waals surface area (Å²) in [6.07, 6.45) is 2.58. The molecule has 1 aliphatic heterocycles. The van der Waals surface area contributed by atoms with Crippen molar-refractivity contribution in [3.05, 3.63) is 41.3 Å². The van der Waals surface area contributed by atoms with Crippen LogP contribution in [0.3, 0.4) is 0 Å². The molecule has 1 atom stereocenters. The molecule has 0 radical (unpaired) electrons. The number of rotatable bonds is 5. The molecule has 1 aromatic heterocycles. The fourth-order valence-corrected chi connectivity index (χ4v) is 4.07. The van der Waals surface area contributed by atoms with Crippen LogP contribution in [0.2, 0.25) is 0 Å². The molecule has 3 rings (SSSR count). The van der Waals surface area contributed by atoms with E-state index in [1.54, 1.807) is 0 Å². The standard InChI is InChI=1S/C19H23N3O3S/c1-21(13-18(23)24)15-8-5-10-22(11-9-15)19(25)17-12-16(20-26-17)14-6-3-2-4-7-14/h2-4,6-7,12,15H,5,8-11,13H2,1H3,(H,23,24). The summed E-state index contributed by atoms with van der Waals surface area (Å²) in [4.78, 5) is 28.1. The number of hydrogen-bond acceptors (Lipinski definition) is 5. The fourth-order valence-electron chi connectivity index (χ4n) is 3.34. The number of likely N-dealkylation sites (N-methyl/N-ethyl adjacent to an activating group) is 1. The molecular formula is C19H23N3O3S. The zero-order valence-electron chi connectivity index (χ0n) is 14.8. The summed E-state index contributed by atoms with van der Waals surface area (Å²) in [6, 6.07) is 11.9. The Morgan fingerprint density at radius 2 is 2.04 bits per heavy atom. The first-order chi connectivity index (χ1) is 12.5. The van der Waals surface area contributed by atoms with Crippen molar-refractivity contribution in [2.24, 2.45) is 0 Å². The van der Waals surface area contributed by atoms with Gasteiger partial charge in [0.2, 0.25) is 0 Å². The second kappa shape index (κ2) is 8.42. The van der Waals surface area contributed by atoms with Gasteiger partial charge in [-0.15, -0.1) is 0 Å². The quantitative estimate of drug-likeness (QED) is 0.872. The van der Waals surface area contributed by atoms with Gasteiger partial charge < -0.3 is 10.0 Å². The molecule has 1 aliphatic rings. The first-order valence-corrected chi connectivity index (χ1v) is 9.55. The Kier molecular flexibility index (Phi) is 6.00. The summed E-state index contributed by atoms with van der Waals surface area (Å²) in [7, 11) is 1.84. The van der Waals surface area contributed by atoms with E-state index in [1.165, 1.54) is 11.5 Å². The van der Waals surface area contributed by atoms with Gasteiger partial charge in [-0.2, -0.15) is 4.37 Å². The van der Waals surface area contributed by atoms with Crippen molar-refractivity contribution in [2.45, 2.75) is 25.3 Å². The summed E-state index contributed by atoms with van der Waals surface area (Å²) >= 11 is 1.24. The van der Waals surface area contributed by atoms with Crippen LogP contribution in [-0.4, -0.2) is 63.9 Å². The average Bonchev–Trinajstić information content (AvgIpc) is 2.99. The summed E-state index contributed by atoms with van der Waals surface area (Å²) in [5.41, 5.74) is 1.84. The number of nitrogens with zero attached hydrogens (tertiary/aromatic N) is 3. The second-order valence-corrected chi connectivity index (χ2v) is 7.43. The van der Waals surface area contributed by atoms with E-state index < -0.39 is 5.97 Å². The summed E-state index contributed by atoms with van der Waals surface area (Å²) in [6.45, 7) is 1.38. The van der Waals surface area contributed by atoms with Crippen LogP contribution in [0.25, 0.3) is 11.3 Å². The predicted molar refractivity (Wildman–Crippen MR) is 101 cm³/mol. The molecule has 1 aromatic carbocycles. The van der Waals surface area contributed by atoms with Gasteiger partial charge in [-0.25, -0.2) is 0 Å². The topological polar surface area (TPSA) is 73.7 Å². The van der Waals surface area contributed by atoms with Crippen molar-refractivity contribution < 1.29 is 14.7 Å². The highest BCUT2D eigenvalue weighted by atomic mass is 32.1. The maximum atomic E-state index is 12.8. The molecule has 2 aromatic rings. The van der Waals surface area contributed by atoms with Crippen molar-refractivity contribution in [1.82, 2.24) is 14.2 Å². The van der Waals surface area contributed by atoms with Gasteiger partial charge in [-0.3, -0.25) is 14.5 Å². The molecule has 6 nitrogen and oxygen atoms in total. The van der Waals surface area contributed by atoms with Gasteiger partial charge in [-0.1, -0.05) is 30.3 Å². The smallest absolute Gasteiger partial charge is 0.317 e. The molecule has 2 heterocycles. The highest BCUT2D eigenvalue weighted by Gasteiger charge is 2.25. The van der Waals surface area contributed by atoms with Gasteiger partial charge >= 0.3 is 5.97 Å². The molecule has 1 N–H and O–H groups in total. The number of carboxylic acid groups (broad SMARTS) is 1. The highest BCUT2D eigenvalue weighted by Crippen LogP contribution is 2.24. The lowest BCUT2D eigenvalue weighted by molar-refractivity contribution is -0.138. The van der Waals surface area contributed by atoms with Gasteiger partial charge in [0.15, 0.2) is 0 Å². The van der Waals surface area contributed by atoms with Crippen molar-refractivity contribution >= 4 is 23.4 Å². The Morgan fingerprint density at radius 3 is 2.77 bits per heavy atom. The lowest BCUT2D eigenvalue weighted by Gasteiger charge is -2.25. The van der Waals surface area contributed by atoms with Crippen LogP contribution >= 0.6 is 11.5 Å². The monoisotopic (exact) mass is 373 g/mol. The summed E-state index contributed by atoms with van der Waals surface area (Å²) in [5, 5.41) is 8.96. The number of carbonyl (C=O) groups excluding carboxylic acids is 1. The van der Waals surface area contributed by atoms with Gasteiger partial charge in [0.25, 0.3) is 5.91 Å². The SMILES string of the molecule is CN(CC(=O)O)C1CCCN(C(=O)c2cc(-c3ccccc3)ns2)CC1. The van der Waals surface area contributed by atoms with Crippen LogP contribution in [0.15, 0.2) is 36.4 Å². The molecule has 138 valence electrons. The molecule has 0 saturated carbocycles. The summed E-state index contributed by atoms with van der Waals surface area (Å²) in [5.74, 6) is -0.797. The van der Waals surface area contributed by atoms with E-state index in [1.807, 2.05) is 53.2 Å². The van der Waals surface area contributed by atoms with Crippen molar-refractivity contribution in [3.63, 3.8) is 0 Å². The zero-order chi connectivity index (χ0) is 18.5. The Balaban J connectivity index is 1.64. The molecule has 7 heteroatoms. The predicted octanol–water partition coefficient (Wildman–Crippen LogP) is 2.82. The molecule has 0 aliphatic carbocycles. The van der Waals surface area contributed by atoms with Crippen LogP contribution in [0.1, 0.15) is 28.9 Å². The van der Waals surface area contributed by atoms with Crippen LogP contribution in [0, 0.1) is 0 Å². The van der Waals surface area contributed by atoms with E-state index in [-0.39, 0.29) is 18.5 Å². The third-order valence-corrected chi connectivity index (χ3v) is 5.56. The Bertz CT molecular complexity index is 762. The third-order valence-electron chi connectivity index (χ3n) is 4.78. The Labute approximate surface area is 157 Å². The highest BCUT2D eigenvalue weighted by molar-refractivity contribution is 7.08. The number of benzene rings is 1. The number of aromatic nitrogens is 1. The van der Waals surface area contributed by atoms with Gasteiger partial charge in [-0.05, 0) is 43.9 Å². The largest absolute Gasteiger partial charge is 0.480 e. The minimum absolute atomic E-state index is 0.0196. The first kappa shape index (κ1) is 18.5. The number of aliphatic carboxylic acids is 1. The van der Waals surface area contributed by atoms with Crippen molar-refractivity contribution in [3.8, 4) is 11.3 Å². The maximum Gasteiger partial charge on any atom is 0.317 e. The van der Waals surface area contributed by atoms with Gasteiger partial charge in [0.1, 0.15) is 4.88 Å². The zero-order valence-corrected chi connectivity index (χ0v) is 15.6. The third kappa shape index (κ3) is 4.47. The lowest BCUT2D eigenvalue weighted by atomic mass is 10.1. The second-order valence-electron chi connectivity index (χ2n) is 6.63. The van der Waals surface area contributed by atoms with Crippen molar-refractivity contribution in [1.29, 1.82) is 0 Å². The molecule has 1 fully saturated rings. The molecule has 26 heavy (non-hydrogen) atoms. The summed E-state index contributed by atoms with van der Waals surface area (Å²) < 4.78 is 4.42. The number of hydrogen-bond donors (Lipinski definition) is 1. The first-order valence-electron chi connectivity index (χ1n) is 8.78. The normalized spacial score (nSPS) is 17.9. The Hall–Kier alpha value is -2.25. The van der Waals surface area contributed by atoms with Crippen LogP contribution in [0.4, 0.5) is 0 Å². The van der Waals surface area contributed by atoms with E-state index in [0.29, 0.717) is 18.0 Å². The minimum Gasteiger partial charge on any atom is -0.480 e. The van der Waals surface area contributed by atoms with E-state index in [2.05, 4.69) is 4.37 Å². The van der Waals surface area contributed by atoms with Crippen LogP contribution in [-0.2, 0) is 4.79 Å². The average molecular weight is 373 g/mol. The van der Waals surface area contributed by atoms with E-state index in [9.17, 15) is 9.59 Å². The number of likely N-dealkylation sites (tertiary alicyclic amines) is 1. The van der Waals surface area contributed by atoms with Crippen LogP contribution in [0.5, 0.6) is 0 Å². The van der Waals surface area contributed by atoms with Crippen LogP contribution < -0.4 is 0 Å². The lowest BCUT2D eigenvalue weighted by Crippen LogP contribution is -2.37. The Morgan fingerprint density at radius 1 is 1.27 bits per heavy atom. The number of amides is 1. The van der Waals surface area contributed by atoms with Gasteiger partial charge in [0.05, 0.1) is 12.2 Å². The molecular weight excluding hydrogens is 350 g/mol. The number of carboxylic acids is 1. The van der Waals surface area contributed by atoms with E-state index in [4.69, 9.17) is 5.11 Å². The van der Waals surface area contributed by atoms with E-state index in [0.717, 1.165) is 30.5 Å². The molecule has 1 unspecified atom stereocenters. The number of carbonyl (C=O) groups is 2. The minimum atomic E-state index is -0.817. The molecule has 1 amide bonds. The fraction of sp³-hybridized carbons (Fsp3) is 0.421. The van der Waals surface area contributed by atoms with E-state index >= 15 is 0 Å². The molecule has 1 saturated heterocycles. The maximum absolute atomic E-state index is 12.8. The van der Waals surface area contributed by atoms with Crippen molar-refractivity contribution in [2.75, 3.05) is 26.7 Å². The van der Waals surface area contributed by atoms with Gasteiger partial charge in [0, 0.05) is 24.7 Å².